The lowest BCUT2D eigenvalue weighted by Crippen LogP contribution is -2.41. The topological polar surface area (TPSA) is 57.6 Å². The van der Waals surface area contributed by atoms with Gasteiger partial charge in [-0.25, -0.2) is 0 Å². The van der Waals surface area contributed by atoms with E-state index in [1.807, 2.05) is 17.0 Å². The van der Waals surface area contributed by atoms with Crippen molar-refractivity contribution in [1.29, 1.82) is 0 Å². The number of piperidine rings is 1. The number of carboxylic acids is 1. The van der Waals surface area contributed by atoms with Gasteiger partial charge in [0.15, 0.2) is 0 Å². The number of hydrogen-bond donors (Lipinski definition) is 1. The molecule has 0 aromatic heterocycles. The van der Waals surface area contributed by atoms with Crippen molar-refractivity contribution in [3.63, 3.8) is 0 Å². The van der Waals surface area contributed by atoms with Gasteiger partial charge >= 0.3 is 5.97 Å². The highest BCUT2D eigenvalue weighted by Crippen LogP contribution is 2.49. The van der Waals surface area contributed by atoms with E-state index in [0.29, 0.717) is 31.8 Å². The van der Waals surface area contributed by atoms with E-state index in [1.165, 1.54) is 11.1 Å². The van der Waals surface area contributed by atoms with Gasteiger partial charge in [-0.15, -0.1) is 0 Å². The second-order valence-corrected chi connectivity index (χ2v) is 6.24. The van der Waals surface area contributed by atoms with Gasteiger partial charge in [0, 0.05) is 19.0 Å². The maximum Gasteiger partial charge on any atom is 0.306 e. The fourth-order valence-electron chi connectivity index (χ4n) is 3.40. The normalized spacial score (nSPS) is 25.7. The SMILES string of the molecule is Cc1ccccc1[C@@H]1C[C@H]1C(=O)N1CCC(C(=O)O)CC1. The maximum absolute atomic E-state index is 12.5. The number of aliphatic carboxylic acids is 1. The molecule has 1 aromatic carbocycles. The molecule has 4 nitrogen and oxygen atoms in total. The fraction of sp³-hybridized carbons (Fsp3) is 0.529. The highest BCUT2D eigenvalue weighted by molar-refractivity contribution is 5.83. The summed E-state index contributed by atoms with van der Waals surface area (Å²) in [5, 5.41) is 9.00. The molecular weight excluding hydrogens is 266 g/mol. The Morgan fingerprint density at radius 1 is 1.19 bits per heavy atom. The minimum atomic E-state index is -0.730. The molecule has 2 fully saturated rings. The lowest BCUT2D eigenvalue weighted by molar-refractivity contribution is -0.146. The van der Waals surface area contributed by atoms with E-state index in [0.717, 1.165) is 6.42 Å². The summed E-state index contributed by atoms with van der Waals surface area (Å²) < 4.78 is 0. The second-order valence-electron chi connectivity index (χ2n) is 6.24. The van der Waals surface area contributed by atoms with Crippen LogP contribution in [0.1, 0.15) is 36.3 Å². The molecule has 1 aromatic rings. The number of carbonyl (C=O) groups excluding carboxylic acids is 1. The summed E-state index contributed by atoms with van der Waals surface area (Å²) in [6, 6.07) is 8.26. The summed E-state index contributed by atoms with van der Waals surface area (Å²) in [6.07, 6.45) is 2.11. The number of nitrogens with zero attached hydrogens (tertiary/aromatic N) is 1. The van der Waals surface area contributed by atoms with Crippen LogP contribution in [0.4, 0.5) is 0 Å². The van der Waals surface area contributed by atoms with Crippen LogP contribution in [0.3, 0.4) is 0 Å². The Morgan fingerprint density at radius 2 is 1.86 bits per heavy atom. The van der Waals surface area contributed by atoms with Crippen molar-refractivity contribution in [2.45, 2.75) is 32.1 Å². The lowest BCUT2D eigenvalue weighted by atomic mass is 9.96. The molecule has 2 aliphatic rings. The van der Waals surface area contributed by atoms with Crippen LogP contribution in [0, 0.1) is 18.8 Å². The van der Waals surface area contributed by atoms with Gasteiger partial charge in [-0.3, -0.25) is 9.59 Å². The second kappa shape index (κ2) is 5.51. The van der Waals surface area contributed by atoms with Crippen molar-refractivity contribution >= 4 is 11.9 Å². The molecule has 1 aliphatic heterocycles. The Hall–Kier alpha value is -1.84. The number of hydrogen-bond acceptors (Lipinski definition) is 2. The van der Waals surface area contributed by atoms with E-state index in [1.54, 1.807) is 0 Å². The van der Waals surface area contributed by atoms with Crippen molar-refractivity contribution in [1.82, 2.24) is 4.90 Å². The van der Waals surface area contributed by atoms with Crippen LogP contribution in [0.15, 0.2) is 24.3 Å². The molecule has 3 rings (SSSR count). The first kappa shape index (κ1) is 14.1. The van der Waals surface area contributed by atoms with Gasteiger partial charge in [0.1, 0.15) is 0 Å². The van der Waals surface area contributed by atoms with Crippen LogP contribution in [0.25, 0.3) is 0 Å². The fourth-order valence-corrected chi connectivity index (χ4v) is 3.40. The minimum absolute atomic E-state index is 0.104. The standard InChI is InChI=1S/C17H21NO3/c1-11-4-2-3-5-13(11)14-10-15(14)16(19)18-8-6-12(7-9-18)17(20)21/h2-5,12,14-15H,6-10H2,1H3,(H,20,21)/t14-,15+/m0/s1. The van der Waals surface area contributed by atoms with E-state index in [-0.39, 0.29) is 17.7 Å². The molecule has 4 heteroatoms. The highest BCUT2D eigenvalue weighted by Gasteiger charge is 2.46. The summed E-state index contributed by atoms with van der Waals surface area (Å²) in [4.78, 5) is 25.3. The zero-order valence-corrected chi connectivity index (χ0v) is 12.3. The van der Waals surface area contributed by atoms with Crippen LogP contribution in [0.2, 0.25) is 0 Å². The van der Waals surface area contributed by atoms with Gasteiger partial charge in [-0.05, 0) is 43.2 Å². The Labute approximate surface area is 124 Å². The van der Waals surface area contributed by atoms with Crippen LogP contribution in [-0.4, -0.2) is 35.0 Å². The number of likely N-dealkylation sites (tertiary alicyclic amines) is 1. The smallest absolute Gasteiger partial charge is 0.306 e. The number of benzene rings is 1. The molecule has 1 heterocycles. The van der Waals surface area contributed by atoms with Gasteiger partial charge in [-0.2, -0.15) is 0 Å². The first-order valence-corrected chi connectivity index (χ1v) is 7.65. The number of carboxylic acid groups (broad SMARTS) is 1. The van der Waals surface area contributed by atoms with Gasteiger partial charge in [0.25, 0.3) is 0 Å². The van der Waals surface area contributed by atoms with E-state index >= 15 is 0 Å². The summed E-state index contributed by atoms with van der Waals surface area (Å²) in [5.74, 6) is -0.331. The molecule has 1 aliphatic carbocycles. The molecule has 112 valence electrons. The molecule has 1 saturated carbocycles. The van der Waals surface area contributed by atoms with Gasteiger partial charge in [0.05, 0.1) is 5.92 Å². The minimum Gasteiger partial charge on any atom is -0.481 e. The third kappa shape index (κ3) is 2.80. The first-order valence-electron chi connectivity index (χ1n) is 7.65. The summed E-state index contributed by atoms with van der Waals surface area (Å²) >= 11 is 0. The summed E-state index contributed by atoms with van der Waals surface area (Å²) in [7, 11) is 0. The van der Waals surface area contributed by atoms with E-state index in [4.69, 9.17) is 5.11 Å². The van der Waals surface area contributed by atoms with Crippen molar-refractivity contribution in [3.8, 4) is 0 Å². The zero-order chi connectivity index (χ0) is 15.0. The average Bonchev–Trinajstić information content (AvgIpc) is 3.27. The zero-order valence-electron chi connectivity index (χ0n) is 12.3. The van der Waals surface area contributed by atoms with Crippen LogP contribution in [0.5, 0.6) is 0 Å². The highest BCUT2D eigenvalue weighted by atomic mass is 16.4. The van der Waals surface area contributed by atoms with Crippen molar-refractivity contribution in [3.05, 3.63) is 35.4 Å². The number of carbonyl (C=O) groups is 2. The van der Waals surface area contributed by atoms with Crippen LogP contribution >= 0.6 is 0 Å². The monoisotopic (exact) mass is 287 g/mol. The lowest BCUT2D eigenvalue weighted by Gasteiger charge is -2.30. The van der Waals surface area contributed by atoms with E-state index < -0.39 is 5.97 Å². The molecule has 1 N–H and O–H groups in total. The quantitative estimate of drug-likeness (QED) is 0.929. The molecule has 0 bridgehead atoms. The molecule has 0 unspecified atom stereocenters. The van der Waals surface area contributed by atoms with Crippen molar-refractivity contribution in [2.24, 2.45) is 11.8 Å². The molecule has 2 atom stereocenters. The molecule has 1 amide bonds. The van der Waals surface area contributed by atoms with Crippen LogP contribution in [-0.2, 0) is 9.59 Å². The van der Waals surface area contributed by atoms with Crippen molar-refractivity contribution in [2.75, 3.05) is 13.1 Å². The Morgan fingerprint density at radius 3 is 2.48 bits per heavy atom. The largest absolute Gasteiger partial charge is 0.481 e. The third-order valence-corrected chi connectivity index (χ3v) is 4.85. The summed E-state index contributed by atoms with van der Waals surface area (Å²) in [6.45, 7) is 3.27. The van der Waals surface area contributed by atoms with Gasteiger partial charge in [-0.1, -0.05) is 24.3 Å². The molecular formula is C17H21NO3. The first-order chi connectivity index (χ1) is 10.1. The molecule has 1 saturated heterocycles. The molecule has 0 spiro atoms. The van der Waals surface area contributed by atoms with Gasteiger partial charge in [0.2, 0.25) is 5.91 Å². The number of rotatable bonds is 3. The number of amides is 1. The van der Waals surface area contributed by atoms with E-state index in [2.05, 4.69) is 19.1 Å². The Balaban J connectivity index is 1.59. The maximum atomic E-state index is 12.5. The van der Waals surface area contributed by atoms with Crippen molar-refractivity contribution < 1.29 is 14.7 Å². The Kier molecular flexibility index (Phi) is 3.70. The summed E-state index contributed by atoms with van der Waals surface area (Å²) in [5.41, 5.74) is 2.54. The van der Waals surface area contributed by atoms with Gasteiger partial charge < -0.3 is 10.0 Å². The predicted octanol–water partition coefficient (Wildman–Crippen LogP) is 2.42. The third-order valence-electron chi connectivity index (χ3n) is 4.85. The average molecular weight is 287 g/mol. The Bertz CT molecular complexity index is 561. The number of aryl methyl sites for hydroxylation is 1. The molecule has 21 heavy (non-hydrogen) atoms. The predicted molar refractivity (Wildman–Crippen MR) is 79.0 cm³/mol. The van der Waals surface area contributed by atoms with Crippen LogP contribution < -0.4 is 0 Å². The molecule has 0 radical (unpaired) electrons. The van der Waals surface area contributed by atoms with E-state index in [9.17, 15) is 9.59 Å².